The van der Waals surface area contributed by atoms with E-state index in [4.69, 9.17) is 4.74 Å². The Kier molecular flexibility index (Phi) is 5.50. The highest BCUT2D eigenvalue weighted by Gasteiger charge is 2.20. The lowest BCUT2D eigenvalue weighted by Crippen LogP contribution is -2.32. The smallest absolute Gasteiger partial charge is 0.268 e. The molecule has 2 aromatic heterocycles. The molecule has 1 N–H and O–H groups in total. The molecule has 2 aliphatic rings. The van der Waals surface area contributed by atoms with E-state index in [9.17, 15) is 4.79 Å². The Labute approximate surface area is 157 Å². The van der Waals surface area contributed by atoms with Gasteiger partial charge in [0.25, 0.3) is 5.91 Å². The normalized spacial score (nSPS) is 20.9. The van der Waals surface area contributed by atoms with Crippen LogP contribution in [0.5, 0.6) is 0 Å². The molecular formula is C18H25N5O2S. The molecule has 0 unspecified atom stereocenters. The van der Waals surface area contributed by atoms with Gasteiger partial charge in [-0.2, -0.15) is 0 Å². The molecule has 4 heterocycles. The third-order valence-corrected chi connectivity index (χ3v) is 5.97. The first-order valence-corrected chi connectivity index (χ1v) is 10.3. The topological polar surface area (TPSA) is 72.3 Å². The molecule has 4 rings (SSSR count). The summed E-state index contributed by atoms with van der Waals surface area (Å²) in [7, 11) is 0. The summed E-state index contributed by atoms with van der Waals surface area (Å²) in [6.45, 7) is 3.42. The van der Waals surface area contributed by atoms with Gasteiger partial charge in [-0.3, -0.25) is 9.36 Å². The monoisotopic (exact) mass is 375 g/mol. The number of amides is 1. The molecular weight excluding hydrogens is 350 g/mol. The molecule has 2 saturated heterocycles. The molecule has 2 aliphatic heterocycles. The molecule has 0 bridgehead atoms. The third kappa shape index (κ3) is 3.91. The molecule has 0 aromatic carbocycles. The summed E-state index contributed by atoms with van der Waals surface area (Å²) in [6, 6.07) is 3.69. The number of hydrogen-bond donors (Lipinski definition) is 1. The fraction of sp³-hybridized carbons (Fsp3) is 0.611. The molecule has 2 fully saturated rings. The molecule has 26 heavy (non-hydrogen) atoms. The second kappa shape index (κ2) is 8.18. The highest BCUT2D eigenvalue weighted by Crippen LogP contribution is 2.26. The third-order valence-electron chi connectivity index (χ3n) is 4.98. The molecule has 0 saturated carbocycles. The molecule has 7 nitrogen and oxygen atoms in total. The van der Waals surface area contributed by atoms with Gasteiger partial charge in [-0.1, -0.05) is 24.2 Å². The second-order valence-corrected chi connectivity index (χ2v) is 7.81. The van der Waals surface area contributed by atoms with Crippen molar-refractivity contribution in [3.05, 3.63) is 24.0 Å². The zero-order valence-corrected chi connectivity index (χ0v) is 15.7. The van der Waals surface area contributed by atoms with Gasteiger partial charge < -0.3 is 15.0 Å². The van der Waals surface area contributed by atoms with Crippen LogP contribution < -0.4 is 10.2 Å². The van der Waals surface area contributed by atoms with Crippen LogP contribution in [0.15, 0.2) is 18.3 Å². The fourth-order valence-corrected chi connectivity index (χ4v) is 4.43. The van der Waals surface area contributed by atoms with Gasteiger partial charge >= 0.3 is 0 Å². The number of carbonyl (C=O) groups is 1. The number of nitrogens with one attached hydrogen (secondary N) is 1. The standard InChI is InChI=1S/C18H25N5O2S/c24-16(19-13-14-7-6-12-25-14)15-8-5-11-23(15)18-21-20-17(26-18)22-9-3-1-2-4-10-22/h5,8,11,14H,1-4,6-7,9-10,12-13H2,(H,19,24)/t14-/m1/s1. The van der Waals surface area contributed by atoms with E-state index >= 15 is 0 Å². The summed E-state index contributed by atoms with van der Waals surface area (Å²) < 4.78 is 7.39. The minimum Gasteiger partial charge on any atom is -0.376 e. The summed E-state index contributed by atoms with van der Waals surface area (Å²) in [5, 5.41) is 13.4. The van der Waals surface area contributed by atoms with Crippen LogP contribution in [-0.2, 0) is 4.74 Å². The molecule has 2 aromatic rings. The SMILES string of the molecule is O=C(NC[C@H]1CCCO1)c1cccn1-c1nnc(N2CCCCCC2)s1. The lowest BCUT2D eigenvalue weighted by molar-refractivity contribution is 0.0852. The van der Waals surface area contributed by atoms with Crippen molar-refractivity contribution in [3.8, 4) is 5.13 Å². The molecule has 140 valence electrons. The summed E-state index contributed by atoms with van der Waals surface area (Å²) in [5.74, 6) is -0.1000. The van der Waals surface area contributed by atoms with E-state index in [1.165, 1.54) is 25.7 Å². The Bertz CT molecular complexity index is 730. The first-order chi connectivity index (χ1) is 12.8. The number of aromatic nitrogens is 3. The maximum Gasteiger partial charge on any atom is 0.268 e. The van der Waals surface area contributed by atoms with Crippen LogP contribution in [0.25, 0.3) is 5.13 Å². The zero-order chi connectivity index (χ0) is 17.8. The predicted octanol–water partition coefficient (Wildman–Crippen LogP) is 2.62. The van der Waals surface area contributed by atoms with Gasteiger partial charge in [0.15, 0.2) is 0 Å². The fourth-order valence-electron chi connectivity index (χ4n) is 3.53. The summed E-state index contributed by atoms with van der Waals surface area (Å²) in [5.41, 5.74) is 0.585. The van der Waals surface area contributed by atoms with Crippen molar-refractivity contribution in [1.82, 2.24) is 20.1 Å². The van der Waals surface area contributed by atoms with Crippen LogP contribution >= 0.6 is 11.3 Å². The molecule has 8 heteroatoms. The average molecular weight is 375 g/mol. The van der Waals surface area contributed by atoms with E-state index in [-0.39, 0.29) is 12.0 Å². The highest BCUT2D eigenvalue weighted by molar-refractivity contribution is 7.17. The van der Waals surface area contributed by atoms with Crippen LogP contribution in [-0.4, -0.2) is 53.0 Å². The van der Waals surface area contributed by atoms with Crippen LogP contribution in [0.4, 0.5) is 5.13 Å². The first-order valence-electron chi connectivity index (χ1n) is 9.47. The van der Waals surface area contributed by atoms with Gasteiger partial charge in [0.2, 0.25) is 10.3 Å². The number of hydrogen-bond acceptors (Lipinski definition) is 6. The molecule has 1 atom stereocenters. The van der Waals surface area contributed by atoms with Crippen molar-refractivity contribution in [2.75, 3.05) is 31.1 Å². The lowest BCUT2D eigenvalue weighted by Gasteiger charge is -2.17. The minimum absolute atomic E-state index is 0.1000. The summed E-state index contributed by atoms with van der Waals surface area (Å²) in [4.78, 5) is 14.9. The Morgan fingerprint density at radius 2 is 2.00 bits per heavy atom. The number of ether oxygens (including phenoxy) is 1. The number of anilines is 1. The Morgan fingerprint density at radius 1 is 1.19 bits per heavy atom. The van der Waals surface area contributed by atoms with E-state index < -0.39 is 0 Å². The predicted molar refractivity (Wildman–Crippen MR) is 101 cm³/mol. The van der Waals surface area contributed by atoms with E-state index in [0.29, 0.717) is 12.2 Å². The molecule has 0 aliphatic carbocycles. The van der Waals surface area contributed by atoms with Crippen LogP contribution in [0.1, 0.15) is 49.0 Å². The van der Waals surface area contributed by atoms with Gasteiger partial charge in [-0.25, -0.2) is 0 Å². The van der Waals surface area contributed by atoms with Crippen molar-refractivity contribution in [1.29, 1.82) is 0 Å². The maximum absolute atomic E-state index is 12.6. The van der Waals surface area contributed by atoms with E-state index in [1.54, 1.807) is 11.3 Å². The second-order valence-electron chi connectivity index (χ2n) is 6.88. The van der Waals surface area contributed by atoms with E-state index in [0.717, 1.165) is 42.8 Å². The molecule has 0 radical (unpaired) electrons. The van der Waals surface area contributed by atoms with Crippen molar-refractivity contribution in [3.63, 3.8) is 0 Å². The number of rotatable bonds is 5. The van der Waals surface area contributed by atoms with Crippen LogP contribution in [0.2, 0.25) is 0 Å². The quantitative estimate of drug-likeness (QED) is 0.870. The zero-order valence-electron chi connectivity index (χ0n) is 14.9. The Hall–Kier alpha value is -1.93. The lowest BCUT2D eigenvalue weighted by atomic mass is 10.2. The Morgan fingerprint density at radius 3 is 2.77 bits per heavy atom. The molecule has 1 amide bonds. The van der Waals surface area contributed by atoms with Gasteiger partial charge in [0, 0.05) is 32.4 Å². The summed E-state index contributed by atoms with van der Waals surface area (Å²) >= 11 is 1.54. The van der Waals surface area contributed by atoms with Crippen molar-refractivity contribution in [2.24, 2.45) is 0 Å². The first kappa shape index (κ1) is 17.5. The van der Waals surface area contributed by atoms with Gasteiger partial charge in [0.1, 0.15) is 5.69 Å². The highest BCUT2D eigenvalue weighted by atomic mass is 32.1. The Balaban J connectivity index is 1.45. The minimum atomic E-state index is -0.1000. The van der Waals surface area contributed by atoms with Gasteiger partial charge in [-0.05, 0) is 37.8 Å². The number of carbonyl (C=O) groups excluding carboxylic acids is 1. The average Bonchev–Trinajstić information content (AvgIpc) is 3.38. The van der Waals surface area contributed by atoms with Gasteiger partial charge in [0.05, 0.1) is 6.10 Å². The van der Waals surface area contributed by atoms with Crippen LogP contribution in [0, 0.1) is 0 Å². The van der Waals surface area contributed by atoms with Gasteiger partial charge in [-0.15, -0.1) is 10.2 Å². The largest absolute Gasteiger partial charge is 0.376 e. The van der Waals surface area contributed by atoms with Crippen molar-refractivity contribution >= 4 is 22.4 Å². The van der Waals surface area contributed by atoms with E-state index in [1.807, 2.05) is 22.9 Å². The summed E-state index contributed by atoms with van der Waals surface area (Å²) in [6.07, 6.45) is 9.07. The maximum atomic E-state index is 12.6. The number of nitrogens with zero attached hydrogens (tertiary/aromatic N) is 4. The molecule has 0 spiro atoms. The van der Waals surface area contributed by atoms with E-state index in [2.05, 4.69) is 20.4 Å². The van der Waals surface area contributed by atoms with Crippen molar-refractivity contribution in [2.45, 2.75) is 44.6 Å². The van der Waals surface area contributed by atoms with Crippen molar-refractivity contribution < 1.29 is 9.53 Å². The van der Waals surface area contributed by atoms with Crippen LogP contribution in [0.3, 0.4) is 0 Å².